The normalized spacial score (nSPS) is 13.3. The first-order chi connectivity index (χ1) is 5.36. The molecular formula is C9H16N2. The van der Waals surface area contributed by atoms with E-state index in [0.29, 0.717) is 5.92 Å². The molecule has 0 bridgehead atoms. The van der Waals surface area contributed by atoms with Gasteiger partial charge in [0.1, 0.15) is 0 Å². The van der Waals surface area contributed by atoms with Crippen LogP contribution in [0.2, 0.25) is 0 Å². The number of nitrogens with two attached hydrogens (primary N) is 1. The van der Waals surface area contributed by atoms with E-state index in [-0.39, 0.29) is 0 Å². The van der Waals surface area contributed by atoms with Gasteiger partial charge in [0.15, 0.2) is 0 Å². The number of aromatic nitrogens is 1. The molecule has 0 spiro atoms. The van der Waals surface area contributed by atoms with Crippen molar-refractivity contribution in [1.82, 2.24) is 4.98 Å². The molecule has 1 aromatic heterocycles. The lowest BCUT2D eigenvalue weighted by atomic mass is 10.0. The Kier molecular flexibility index (Phi) is 3.17. The minimum absolute atomic E-state index is 0.633. The summed E-state index contributed by atoms with van der Waals surface area (Å²) in [6, 6.07) is 4.14. The van der Waals surface area contributed by atoms with E-state index in [1.807, 2.05) is 12.3 Å². The summed E-state index contributed by atoms with van der Waals surface area (Å²) in [6.07, 6.45) is 4.20. The molecule has 62 valence electrons. The van der Waals surface area contributed by atoms with Crippen LogP contribution in [0.5, 0.6) is 0 Å². The lowest BCUT2D eigenvalue weighted by molar-refractivity contribution is 0.514. The molecule has 2 heteroatoms. The minimum atomic E-state index is 0.633. The van der Waals surface area contributed by atoms with E-state index in [2.05, 4.69) is 18.0 Å². The lowest BCUT2D eigenvalue weighted by Crippen LogP contribution is -2.15. The monoisotopic (exact) mass is 152 g/mol. The second-order valence-electron chi connectivity index (χ2n) is 2.91. The summed E-state index contributed by atoms with van der Waals surface area (Å²) >= 11 is 0. The first-order valence-corrected chi connectivity index (χ1v) is 4.19. The smallest absolute Gasteiger partial charge is 0.0150 e. The van der Waals surface area contributed by atoms with E-state index in [1.54, 1.807) is 0 Å². The molecule has 0 amide bonds. The number of hydrogen-bond donors (Lipinski definition) is 2. The second-order valence-corrected chi connectivity index (χ2v) is 2.91. The first-order valence-electron chi connectivity index (χ1n) is 4.19. The summed E-state index contributed by atoms with van der Waals surface area (Å²) in [4.78, 5) is 3.18. The third-order valence-corrected chi connectivity index (χ3v) is 2.08. The van der Waals surface area contributed by atoms with Crippen molar-refractivity contribution in [2.24, 2.45) is 11.7 Å². The topological polar surface area (TPSA) is 41.8 Å². The predicted molar refractivity (Wildman–Crippen MR) is 47.3 cm³/mol. The summed E-state index contributed by atoms with van der Waals surface area (Å²) in [7, 11) is 0. The van der Waals surface area contributed by atoms with Gasteiger partial charge in [-0.15, -0.1) is 0 Å². The number of rotatable bonds is 4. The Labute approximate surface area is 67.8 Å². The highest BCUT2D eigenvalue weighted by Crippen LogP contribution is 2.08. The maximum atomic E-state index is 5.59. The van der Waals surface area contributed by atoms with Gasteiger partial charge in [-0.05, 0) is 31.0 Å². The highest BCUT2D eigenvalue weighted by atomic mass is 14.7. The first kappa shape index (κ1) is 8.34. The van der Waals surface area contributed by atoms with Crippen LogP contribution < -0.4 is 5.73 Å². The molecule has 0 aliphatic heterocycles. The van der Waals surface area contributed by atoms with Crippen molar-refractivity contribution in [3.05, 3.63) is 24.0 Å². The highest BCUT2D eigenvalue weighted by molar-refractivity contribution is 5.04. The van der Waals surface area contributed by atoms with E-state index in [4.69, 9.17) is 5.73 Å². The molecule has 11 heavy (non-hydrogen) atoms. The molecule has 0 aliphatic carbocycles. The standard InChI is InChI=1S/C9H16N2/c1-2-8(7-10)6-9-4-3-5-11-9/h3-5,8,11H,2,6-7,10H2,1H3. The van der Waals surface area contributed by atoms with Crippen LogP contribution in [0.4, 0.5) is 0 Å². The summed E-state index contributed by atoms with van der Waals surface area (Å²) in [5.41, 5.74) is 6.88. The SMILES string of the molecule is CCC(CN)Cc1ccc[nH]1. The van der Waals surface area contributed by atoms with Gasteiger partial charge >= 0.3 is 0 Å². The fourth-order valence-electron chi connectivity index (χ4n) is 1.20. The maximum Gasteiger partial charge on any atom is 0.0150 e. The molecule has 1 atom stereocenters. The Bertz CT molecular complexity index is 175. The maximum absolute atomic E-state index is 5.59. The average Bonchev–Trinajstić information content (AvgIpc) is 2.52. The van der Waals surface area contributed by atoms with Crippen molar-refractivity contribution in [1.29, 1.82) is 0 Å². The molecule has 1 aromatic rings. The molecule has 0 aromatic carbocycles. The van der Waals surface area contributed by atoms with Gasteiger partial charge < -0.3 is 10.7 Å². The second kappa shape index (κ2) is 4.19. The van der Waals surface area contributed by atoms with E-state index >= 15 is 0 Å². The largest absolute Gasteiger partial charge is 0.365 e. The lowest BCUT2D eigenvalue weighted by Gasteiger charge is -2.09. The van der Waals surface area contributed by atoms with Crippen molar-refractivity contribution in [3.63, 3.8) is 0 Å². The number of hydrogen-bond acceptors (Lipinski definition) is 1. The summed E-state index contributed by atoms with van der Waals surface area (Å²) in [6.45, 7) is 2.97. The third-order valence-electron chi connectivity index (χ3n) is 2.08. The molecule has 1 heterocycles. The quantitative estimate of drug-likeness (QED) is 0.675. The van der Waals surface area contributed by atoms with E-state index in [9.17, 15) is 0 Å². The van der Waals surface area contributed by atoms with Crippen molar-refractivity contribution in [3.8, 4) is 0 Å². The fourth-order valence-corrected chi connectivity index (χ4v) is 1.20. The van der Waals surface area contributed by atoms with Gasteiger partial charge in [-0.1, -0.05) is 13.3 Å². The molecule has 1 unspecified atom stereocenters. The third kappa shape index (κ3) is 2.39. The molecule has 0 radical (unpaired) electrons. The average molecular weight is 152 g/mol. The van der Waals surface area contributed by atoms with E-state index in [1.165, 1.54) is 5.69 Å². The van der Waals surface area contributed by atoms with Crippen LogP contribution in [0.3, 0.4) is 0 Å². The van der Waals surface area contributed by atoms with E-state index < -0.39 is 0 Å². The van der Waals surface area contributed by atoms with Crippen molar-refractivity contribution >= 4 is 0 Å². The Balaban J connectivity index is 2.41. The molecule has 3 N–H and O–H groups in total. The van der Waals surface area contributed by atoms with Crippen molar-refractivity contribution < 1.29 is 0 Å². The van der Waals surface area contributed by atoms with Gasteiger partial charge in [-0.2, -0.15) is 0 Å². The number of H-pyrrole nitrogens is 1. The molecular weight excluding hydrogens is 136 g/mol. The zero-order valence-electron chi connectivity index (χ0n) is 7.01. The van der Waals surface area contributed by atoms with Crippen molar-refractivity contribution in [2.75, 3.05) is 6.54 Å². The zero-order chi connectivity index (χ0) is 8.10. The fraction of sp³-hybridized carbons (Fsp3) is 0.556. The molecule has 0 aliphatic rings. The summed E-state index contributed by atoms with van der Waals surface area (Å²) in [5, 5.41) is 0. The van der Waals surface area contributed by atoms with Crippen LogP contribution in [0, 0.1) is 5.92 Å². The molecule has 0 saturated heterocycles. The molecule has 0 fully saturated rings. The van der Waals surface area contributed by atoms with Crippen LogP contribution in [0.25, 0.3) is 0 Å². The van der Waals surface area contributed by atoms with Crippen molar-refractivity contribution in [2.45, 2.75) is 19.8 Å². The minimum Gasteiger partial charge on any atom is -0.365 e. The van der Waals surface area contributed by atoms with Gasteiger partial charge in [0.2, 0.25) is 0 Å². The predicted octanol–water partition coefficient (Wildman–Crippen LogP) is 1.54. The Morgan fingerprint density at radius 1 is 1.64 bits per heavy atom. The van der Waals surface area contributed by atoms with Crippen LogP contribution in [0.15, 0.2) is 18.3 Å². The molecule has 0 saturated carbocycles. The number of nitrogens with one attached hydrogen (secondary N) is 1. The highest BCUT2D eigenvalue weighted by Gasteiger charge is 2.04. The van der Waals surface area contributed by atoms with Crippen LogP contribution in [0.1, 0.15) is 19.0 Å². The number of aromatic amines is 1. The van der Waals surface area contributed by atoms with Gasteiger partial charge in [0, 0.05) is 11.9 Å². The van der Waals surface area contributed by atoms with Gasteiger partial charge in [-0.25, -0.2) is 0 Å². The summed E-state index contributed by atoms with van der Waals surface area (Å²) in [5.74, 6) is 0.633. The van der Waals surface area contributed by atoms with E-state index in [0.717, 1.165) is 19.4 Å². The molecule has 1 rings (SSSR count). The van der Waals surface area contributed by atoms with Gasteiger partial charge in [0.25, 0.3) is 0 Å². The van der Waals surface area contributed by atoms with Gasteiger partial charge in [0.05, 0.1) is 0 Å². The van der Waals surface area contributed by atoms with Gasteiger partial charge in [-0.3, -0.25) is 0 Å². The Hall–Kier alpha value is -0.760. The van der Waals surface area contributed by atoms with Crippen LogP contribution in [-0.2, 0) is 6.42 Å². The molecule has 2 nitrogen and oxygen atoms in total. The summed E-state index contributed by atoms with van der Waals surface area (Å²) < 4.78 is 0. The Morgan fingerprint density at radius 3 is 2.91 bits per heavy atom. The Morgan fingerprint density at radius 2 is 2.45 bits per heavy atom. The zero-order valence-corrected chi connectivity index (χ0v) is 7.01. The van der Waals surface area contributed by atoms with Crippen LogP contribution in [-0.4, -0.2) is 11.5 Å². The van der Waals surface area contributed by atoms with Crippen LogP contribution >= 0.6 is 0 Å².